The van der Waals surface area contributed by atoms with Crippen molar-refractivity contribution in [3.63, 3.8) is 0 Å². The van der Waals surface area contributed by atoms with Crippen molar-refractivity contribution in [2.45, 2.75) is 13.5 Å². The summed E-state index contributed by atoms with van der Waals surface area (Å²) in [5.41, 5.74) is 1.34. The molecular weight excluding hydrogens is 312 g/mol. The van der Waals surface area contributed by atoms with E-state index in [4.69, 9.17) is 4.74 Å². The standard InChI is InChI=1S/C17H14N2O5/c1-10-18-15-13(19(10)17(22)23)7-12(16(20)21)8-14(15)24-9-11-5-3-2-4-6-11/h2-8H,9H2,1H3,(H,20,21)(H,22,23). The van der Waals surface area contributed by atoms with Gasteiger partial charge in [-0.25, -0.2) is 19.1 Å². The Balaban J connectivity index is 2.10. The Morgan fingerprint density at radius 2 is 1.88 bits per heavy atom. The van der Waals surface area contributed by atoms with Gasteiger partial charge >= 0.3 is 12.1 Å². The van der Waals surface area contributed by atoms with Crippen LogP contribution in [0, 0.1) is 6.92 Å². The summed E-state index contributed by atoms with van der Waals surface area (Å²) >= 11 is 0. The number of hydrogen-bond donors (Lipinski definition) is 2. The lowest BCUT2D eigenvalue weighted by molar-refractivity contribution is 0.0696. The minimum absolute atomic E-state index is 0.0621. The molecule has 0 aliphatic carbocycles. The first kappa shape index (κ1) is 15.5. The predicted octanol–water partition coefficient (Wildman–Crippen LogP) is 3.15. The van der Waals surface area contributed by atoms with E-state index in [2.05, 4.69) is 4.98 Å². The van der Waals surface area contributed by atoms with Crippen molar-refractivity contribution in [3.05, 3.63) is 59.4 Å². The van der Waals surface area contributed by atoms with Crippen LogP contribution in [-0.4, -0.2) is 31.8 Å². The van der Waals surface area contributed by atoms with Crippen LogP contribution >= 0.6 is 0 Å². The van der Waals surface area contributed by atoms with Crippen molar-refractivity contribution >= 4 is 23.1 Å². The van der Waals surface area contributed by atoms with Crippen LogP contribution in [0.2, 0.25) is 0 Å². The lowest BCUT2D eigenvalue weighted by Gasteiger charge is -2.08. The third kappa shape index (κ3) is 2.79. The fourth-order valence-corrected chi connectivity index (χ4v) is 2.47. The molecule has 0 saturated carbocycles. The first-order valence-corrected chi connectivity index (χ1v) is 7.14. The number of carboxylic acid groups (broad SMARTS) is 2. The van der Waals surface area contributed by atoms with E-state index >= 15 is 0 Å². The second-order valence-corrected chi connectivity index (χ2v) is 5.20. The van der Waals surface area contributed by atoms with Crippen LogP contribution < -0.4 is 4.74 Å². The smallest absolute Gasteiger partial charge is 0.417 e. The van der Waals surface area contributed by atoms with Crippen LogP contribution in [0.4, 0.5) is 4.79 Å². The zero-order valence-corrected chi connectivity index (χ0v) is 12.8. The predicted molar refractivity (Wildman–Crippen MR) is 85.6 cm³/mol. The Labute approximate surface area is 136 Å². The third-order valence-electron chi connectivity index (χ3n) is 3.57. The van der Waals surface area contributed by atoms with Crippen molar-refractivity contribution in [1.29, 1.82) is 0 Å². The Bertz CT molecular complexity index is 931. The number of ether oxygens (including phenoxy) is 1. The van der Waals surface area contributed by atoms with Gasteiger partial charge in [0.15, 0.2) is 0 Å². The highest BCUT2D eigenvalue weighted by atomic mass is 16.5. The molecule has 0 amide bonds. The first-order valence-electron chi connectivity index (χ1n) is 7.14. The fourth-order valence-electron chi connectivity index (χ4n) is 2.47. The van der Waals surface area contributed by atoms with E-state index in [1.54, 1.807) is 0 Å². The Hall–Kier alpha value is -3.35. The van der Waals surface area contributed by atoms with E-state index in [-0.39, 0.29) is 29.3 Å². The highest BCUT2D eigenvalue weighted by molar-refractivity contribution is 5.97. The topological polar surface area (TPSA) is 102 Å². The summed E-state index contributed by atoms with van der Waals surface area (Å²) in [5, 5.41) is 18.6. The van der Waals surface area contributed by atoms with E-state index in [0.717, 1.165) is 10.1 Å². The molecule has 0 saturated heterocycles. The molecular formula is C17H14N2O5. The Morgan fingerprint density at radius 1 is 1.17 bits per heavy atom. The lowest BCUT2D eigenvalue weighted by Crippen LogP contribution is -2.10. The number of carbonyl (C=O) groups is 2. The summed E-state index contributed by atoms with van der Waals surface area (Å²) in [7, 11) is 0. The number of aryl methyl sites for hydroxylation is 1. The van der Waals surface area contributed by atoms with E-state index in [1.165, 1.54) is 19.1 Å². The normalized spacial score (nSPS) is 10.7. The van der Waals surface area contributed by atoms with E-state index < -0.39 is 12.1 Å². The van der Waals surface area contributed by atoms with Crippen molar-refractivity contribution in [3.8, 4) is 5.75 Å². The van der Waals surface area contributed by atoms with Gasteiger partial charge in [0.25, 0.3) is 0 Å². The lowest BCUT2D eigenvalue weighted by atomic mass is 10.2. The zero-order chi connectivity index (χ0) is 17.3. The van der Waals surface area contributed by atoms with Gasteiger partial charge in [-0.15, -0.1) is 0 Å². The summed E-state index contributed by atoms with van der Waals surface area (Å²) < 4.78 is 6.65. The van der Waals surface area contributed by atoms with Crippen LogP contribution in [0.1, 0.15) is 21.7 Å². The molecule has 2 aromatic carbocycles. The molecule has 0 aliphatic rings. The van der Waals surface area contributed by atoms with Crippen LogP contribution in [0.15, 0.2) is 42.5 Å². The molecule has 3 rings (SSSR count). The van der Waals surface area contributed by atoms with Gasteiger partial charge in [-0.05, 0) is 24.6 Å². The quantitative estimate of drug-likeness (QED) is 0.763. The molecule has 3 aromatic rings. The Morgan fingerprint density at radius 3 is 2.50 bits per heavy atom. The highest BCUT2D eigenvalue weighted by Crippen LogP contribution is 2.29. The monoisotopic (exact) mass is 326 g/mol. The van der Waals surface area contributed by atoms with Gasteiger partial charge in [0.05, 0.1) is 11.1 Å². The van der Waals surface area contributed by atoms with Gasteiger partial charge in [-0.3, -0.25) is 0 Å². The largest absolute Gasteiger partial charge is 0.487 e. The number of aromatic nitrogens is 2. The molecule has 0 bridgehead atoms. The van der Waals surface area contributed by atoms with Crippen molar-refractivity contribution in [2.24, 2.45) is 0 Å². The first-order chi connectivity index (χ1) is 11.5. The highest BCUT2D eigenvalue weighted by Gasteiger charge is 2.19. The van der Waals surface area contributed by atoms with Gasteiger partial charge < -0.3 is 14.9 Å². The number of hydrogen-bond acceptors (Lipinski definition) is 4. The molecule has 7 nitrogen and oxygen atoms in total. The van der Waals surface area contributed by atoms with Gasteiger partial charge in [0.2, 0.25) is 0 Å². The number of benzene rings is 2. The summed E-state index contributed by atoms with van der Waals surface area (Å²) in [6.07, 6.45) is -1.23. The number of aromatic carboxylic acids is 1. The van der Waals surface area contributed by atoms with Gasteiger partial charge in [-0.1, -0.05) is 30.3 Å². The number of nitrogens with zero attached hydrogens (tertiary/aromatic N) is 2. The van der Waals surface area contributed by atoms with E-state index in [1.807, 2.05) is 30.3 Å². The molecule has 0 fully saturated rings. The molecule has 7 heteroatoms. The van der Waals surface area contributed by atoms with Crippen molar-refractivity contribution in [1.82, 2.24) is 9.55 Å². The van der Waals surface area contributed by atoms with Gasteiger partial charge in [-0.2, -0.15) is 0 Å². The molecule has 1 heterocycles. The van der Waals surface area contributed by atoms with E-state index in [9.17, 15) is 19.8 Å². The third-order valence-corrected chi connectivity index (χ3v) is 3.57. The number of rotatable bonds is 4. The summed E-state index contributed by atoms with van der Waals surface area (Å²) in [6.45, 7) is 1.76. The number of fused-ring (bicyclic) bond motifs is 1. The average molecular weight is 326 g/mol. The SMILES string of the molecule is Cc1nc2c(OCc3ccccc3)cc(C(=O)O)cc2n1C(=O)O. The maximum Gasteiger partial charge on any atom is 0.417 e. The fraction of sp³-hybridized carbons (Fsp3) is 0.118. The van der Waals surface area contributed by atoms with Crippen LogP contribution in [0.5, 0.6) is 5.75 Å². The molecule has 0 spiro atoms. The zero-order valence-electron chi connectivity index (χ0n) is 12.8. The maximum absolute atomic E-state index is 11.4. The molecule has 0 radical (unpaired) electrons. The minimum atomic E-state index is -1.23. The molecule has 0 unspecified atom stereocenters. The number of carboxylic acids is 1. The molecule has 0 atom stereocenters. The summed E-state index contributed by atoms with van der Waals surface area (Å²) in [6, 6.07) is 12.0. The van der Waals surface area contributed by atoms with Crippen LogP contribution in [0.25, 0.3) is 11.0 Å². The Kier molecular flexibility index (Phi) is 3.91. The average Bonchev–Trinajstić information content (AvgIpc) is 2.89. The number of imidazole rings is 1. The van der Waals surface area contributed by atoms with Crippen LogP contribution in [-0.2, 0) is 6.61 Å². The second-order valence-electron chi connectivity index (χ2n) is 5.20. The summed E-state index contributed by atoms with van der Waals surface area (Å²) in [5.74, 6) is -0.696. The maximum atomic E-state index is 11.4. The van der Waals surface area contributed by atoms with Crippen LogP contribution in [0.3, 0.4) is 0 Å². The van der Waals surface area contributed by atoms with Crippen molar-refractivity contribution < 1.29 is 24.5 Å². The molecule has 24 heavy (non-hydrogen) atoms. The molecule has 1 aromatic heterocycles. The molecule has 122 valence electrons. The molecule has 0 aliphatic heterocycles. The molecule has 2 N–H and O–H groups in total. The second kappa shape index (κ2) is 6.04. The van der Waals surface area contributed by atoms with Gasteiger partial charge in [0.1, 0.15) is 23.7 Å². The van der Waals surface area contributed by atoms with E-state index in [0.29, 0.717) is 5.52 Å². The van der Waals surface area contributed by atoms with Crippen molar-refractivity contribution in [2.75, 3.05) is 0 Å². The van der Waals surface area contributed by atoms with Gasteiger partial charge in [0, 0.05) is 0 Å². The minimum Gasteiger partial charge on any atom is -0.487 e. The summed E-state index contributed by atoms with van der Waals surface area (Å²) in [4.78, 5) is 26.9.